The molecule has 3 aromatic rings. The van der Waals surface area contributed by atoms with E-state index in [9.17, 15) is 4.79 Å². The van der Waals surface area contributed by atoms with Crippen molar-refractivity contribution in [3.05, 3.63) is 36.3 Å². The largest absolute Gasteiger partial charge is 0.464 e. The summed E-state index contributed by atoms with van der Waals surface area (Å²) in [5.41, 5.74) is 2.23. The van der Waals surface area contributed by atoms with Crippen molar-refractivity contribution in [3.63, 3.8) is 0 Å². The van der Waals surface area contributed by atoms with E-state index in [1.807, 2.05) is 19.2 Å². The molecule has 0 fully saturated rings. The van der Waals surface area contributed by atoms with Crippen LogP contribution >= 0.6 is 0 Å². The van der Waals surface area contributed by atoms with Gasteiger partial charge in [-0.25, -0.2) is 14.3 Å². The number of esters is 1. The molecule has 7 nitrogen and oxygen atoms in total. The highest BCUT2D eigenvalue weighted by atomic mass is 16.5. The van der Waals surface area contributed by atoms with Crippen LogP contribution in [0.3, 0.4) is 0 Å². The summed E-state index contributed by atoms with van der Waals surface area (Å²) < 4.78 is 8.03. The molecule has 20 heavy (non-hydrogen) atoms. The molecule has 0 saturated heterocycles. The topological polar surface area (TPSA) is 74.3 Å². The molecular formula is C13H13N5O2. The van der Waals surface area contributed by atoms with Gasteiger partial charge in [-0.2, -0.15) is 10.2 Å². The maximum Gasteiger partial charge on any atom is 0.356 e. The van der Waals surface area contributed by atoms with Gasteiger partial charge in [0.2, 0.25) is 0 Å². The quantitative estimate of drug-likeness (QED) is 0.673. The molecule has 3 aromatic heterocycles. The first-order valence-corrected chi connectivity index (χ1v) is 6.20. The number of carbonyl (C=O) groups excluding carboxylic acids is 1. The molecule has 0 aliphatic rings. The number of carbonyl (C=O) groups is 1. The Morgan fingerprint density at radius 1 is 1.35 bits per heavy atom. The first-order valence-electron chi connectivity index (χ1n) is 6.20. The summed E-state index contributed by atoms with van der Waals surface area (Å²) in [5.74, 6) is -0.461. The molecule has 0 unspecified atom stereocenters. The summed E-state index contributed by atoms with van der Waals surface area (Å²) in [4.78, 5) is 16.3. The predicted octanol–water partition coefficient (Wildman–Crippen LogP) is 1.40. The third-order valence-electron chi connectivity index (χ3n) is 2.98. The summed E-state index contributed by atoms with van der Waals surface area (Å²) in [5, 5.41) is 8.46. The van der Waals surface area contributed by atoms with Crippen LogP contribution in [0.1, 0.15) is 17.4 Å². The van der Waals surface area contributed by atoms with Crippen LogP contribution in [0.4, 0.5) is 0 Å². The summed E-state index contributed by atoms with van der Waals surface area (Å²) in [7, 11) is 1.34. The zero-order valence-electron chi connectivity index (χ0n) is 11.1. The Kier molecular flexibility index (Phi) is 2.94. The van der Waals surface area contributed by atoms with E-state index in [4.69, 9.17) is 4.74 Å². The highest BCUT2D eigenvalue weighted by Gasteiger charge is 2.16. The molecule has 0 N–H and O–H groups in total. The van der Waals surface area contributed by atoms with Crippen LogP contribution < -0.4 is 0 Å². The van der Waals surface area contributed by atoms with E-state index in [1.54, 1.807) is 23.0 Å². The van der Waals surface area contributed by atoms with Gasteiger partial charge < -0.3 is 4.74 Å². The van der Waals surface area contributed by atoms with E-state index in [0.717, 1.165) is 6.54 Å². The standard InChI is InChI=1S/C13H13N5O2/c1-3-17-7-5-9(16-17)10-8-11(13(19)20-2)18-12(15-10)4-6-14-18/h4-8H,3H2,1-2H3. The monoisotopic (exact) mass is 271 g/mol. The van der Waals surface area contributed by atoms with Crippen molar-refractivity contribution >= 4 is 11.6 Å². The van der Waals surface area contributed by atoms with E-state index in [2.05, 4.69) is 15.2 Å². The van der Waals surface area contributed by atoms with Gasteiger partial charge in [0.1, 0.15) is 5.69 Å². The lowest BCUT2D eigenvalue weighted by Crippen LogP contribution is -2.10. The highest BCUT2D eigenvalue weighted by Crippen LogP contribution is 2.18. The summed E-state index contributed by atoms with van der Waals surface area (Å²) in [6.45, 7) is 2.78. The lowest BCUT2D eigenvalue weighted by Gasteiger charge is -2.05. The first kappa shape index (κ1) is 12.3. The molecule has 0 amide bonds. The fraction of sp³-hybridized carbons (Fsp3) is 0.231. The Hall–Kier alpha value is -2.70. The molecule has 0 saturated carbocycles. The molecule has 0 atom stereocenters. The second-order valence-corrected chi connectivity index (χ2v) is 4.18. The minimum absolute atomic E-state index is 0.323. The van der Waals surface area contributed by atoms with Crippen LogP contribution in [0.5, 0.6) is 0 Å². The molecule has 0 spiro atoms. The van der Waals surface area contributed by atoms with Gasteiger partial charge in [-0.3, -0.25) is 4.68 Å². The van der Waals surface area contributed by atoms with E-state index in [-0.39, 0.29) is 0 Å². The van der Waals surface area contributed by atoms with Crippen LogP contribution in [0.15, 0.2) is 30.6 Å². The van der Waals surface area contributed by atoms with E-state index >= 15 is 0 Å². The maximum absolute atomic E-state index is 11.8. The molecule has 0 aromatic carbocycles. The number of fused-ring (bicyclic) bond motifs is 1. The number of aryl methyl sites for hydroxylation is 1. The number of aromatic nitrogens is 5. The Labute approximate surface area is 114 Å². The summed E-state index contributed by atoms with van der Waals surface area (Å²) in [6.07, 6.45) is 3.46. The summed E-state index contributed by atoms with van der Waals surface area (Å²) in [6, 6.07) is 5.22. The van der Waals surface area contributed by atoms with Crippen molar-refractivity contribution in [1.29, 1.82) is 0 Å². The van der Waals surface area contributed by atoms with Gasteiger partial charge in [-0.1, -0.05) is 0 Å². The third-order valence-corrected chi connectivity index (χ3v) is 2.98. The minimum atomic E-state index is -0.461. The van der Waals surface area contributed by atoms with Gasteiger partial charge in [0, 0.05) is 18.8 Å². The molecule has 7 heteroatoms. The molecule has 0 aliphatic heterocycles. The minimum Gasteiger partial charge on any atom is -0.464 e. The predicted molar refractivity (Wildman–Crippen MR) is 71.2 cm³/mol. The Morgan fingerprint density at radius 3 is 2.90 bits per heavy atom. The lowest BCUT2D eigenvalue weighted by molar-refractivity contribution is 0.0590. The van der Waals surface area contributed by atoms with E-state index < -0.39 is 5.97 Å². The lowest BCUT2D eigenvalue weighted by atomic mass is 10.2. The number of rotatable bonds is 3. The average molecular weight is 271 g/mol. The zero-order valence-corrected chi connectivity index (χ0v) is 11.1. The number of ether oxygens (including phenoxy) is 1. The second kappa shape index (κ2) is 4.76. The number of hydrogen-bond donors (Lipinski definition) is 0. The van der Waals surface area contributed by atoms with Crippen molar-refractivity contribution in [2.45, 2.75) is 13.5 Å². The highest BCUT2D eigenvalue weighted by molar-refractivity contribution is 5.89. The molecular weight excluding hydrogens is 258 g/mol. The van der Waals surface area contributed by atoms with Gasteiger partial charge in [-0.05, 0) is 19.1 Å². The Bertz CT molecular complexity index is 774. The van der Waals surface area contributed by atoms with Crippen LogP contribution in [0.2, 0.25) is 0 Å². The van der Waals surface area contributed by atoms with Gasteiger partial charge in [0.05, 0.1) is 19.0 Å². The fourth-order valence-corrected chi connectivity index (χ4v) is 1.97. The number of nitrogens with zero attached hydrogens (tertiary/aromatic N) is 5. The van der Waals surface area contributed by atoms with Crippen LogP contribution in [-0.4, -0.2) is 37.5 Å². The van der Waals surface area contributed by atoms with Crippen molar-refractivity contribution in [1.82, 2.24) is 24.4 Å². The fourth-order valence-electron chi connectivity index (χ4n) is 1.97. The van der Waals surface area contributed by atoms with Gasteiger partial charge in [0.25, 0.3) is 0 Å². The van der Waals surface area contributed by atoms with Gasteiger partial charge >= 0.3 is 5.97 Å². The maximum atomic E-state index is 11.8. The van der Waals surface area contributed by atoms with Crippen molar-refractivity contribution in [3.8, 4) is 11.4 Å². The number of hydrogen-bond acceptors (Lipinski definition) is 5. The van der Waals surface area contributed by atoms with Crippen molar-refractivity contribution in [2.75, 3.05) is 7.11 Å². The normalized spacial score (nSPS) is 10.9. The molecule has 102 valence electrons. The Balaban J connectivity index is 2.18. The SMILES string of the molecule is CCn1ccc(-c2cc(C(=O)OC)n3nccc3n2)n1. The molecule has 0 bridgehead atoms. The molecule has 0 radical (unpaired) electrons. The Morgan fingerprint density at radius 2 is 2.20 bits per heavy atom. The molecule has 3 heterocycles. The summed E-state index contributed by atoms with van der Waals surface area (Å²) >= 11 is 0. The van der Waals surface area contributed by atoms with Gasteiger partial charge in [-0.15, -0.1) is 0 Å². The van der Waals surface area contributed by atoms with Crippen molar-refractivity contribution in [2.24, 2.45) is 0 Å². The zero-order chi connectivity index (χ0) is 14.1. The van der Waals surface area contributed by atoms with Crippen LogP contribution in [0.25, 0.3) is 17.0 Å². The first-order chi connectivity index (χ1) is 9.72. The molecule has 0 aliphatic carbocycles. The second-order valence-electron chi connectivity index (χ2n) is 4.18. The van der Waals surface area contributed by atoms with E-state index in [0.29, 0.717) is 22.7 Å². The van der Waals surface area contributed by atoms with E-state index in [1.165, 1.54) is 11.6 Å². The third kappa shape index (κ3) is 1.93. The van der Waals surface area contributed by atoms with Gasteiger partial charge in [0.15, 0.2) is 11.3 Å². The van der Waals surface area contributed by atoms with Crippen LogP contribution in [-0.2, 0) is 11.3 Å². The smallest absolute Gasteiger partial charge is 0.356 e. The van der Waals surface area contributed by atoms with Crippen molar-refractivity contribution < 1.29 is 9.53 Å². The average Bonchev–Trinajstić information content (AvgIpc) is 3.13. The molecule has 3 rings (SSSR count). The number of methoxy groups -OCH3 is 1. The van der Waals surface area contributed by atoms with Crippen LogP contribution in [0, 0.1) is 0 Å².